The zero-order chi connectivity index (χ0) is 22.8. The lowest BCUT2D eigenvalue weighted by molar-refractivity contribution is -0.132. The Morgan fingerprint density at radius 1 is 1.09 bits per heavy atom. The van der Waals surface area contributed by atoms with E-state index in [0.717, 1.165) is 34.0 Å². The number of carbonyl (C=O) groups excluding carboxylic acids is 1. The van der Waals surface area contributed by atoms with Gasteiger partial charge in [0.1, 0.15) is 17.2 Å². The highest BCUT2D eigenvalue weighted by Gasteiger charge is 2.36. The average Bonchev–Trinajstić information content (AvgIpc) is 3.63. The molecule has 7 nitrogen and oxygen atoms in total. The van der Waals surface area contributed by atoms with Crippen molar-refractivity contribution in [1.29, 1.82) is 0 Å². The molecule has 5 rings (SSSR count). The molecule has 0 spiro atoms. The first kappa shape index (κ1) is 20.8. The molecule has 1 amide bonds. The molecule has 1 atom stereocenters. The van der Waals surface area contributed by atoms with Gasteiger partial charge < -0.3 is 9.15 Å². The summed E-state index contributed by atoms with van der Waals surface area (Å²) in [6.07, 6.45) is 4.52. The number of aromatic nitrogens is 2. The number of benzene rings is 2. The number of hydrogen-bond acceptors (Lipinski definition) is 5. The van der Waals surface area contributed by atoms with Crippen molar-refractivity contribution in [1.82, 2.24) is 14.8 Å². The van der Waals surface area contributed by atoms with Gasteiger partial charge in [0.05, 0.1) is 30.8 Å². The van der Waals surface area contributed by atoms with Crippen molar-refractivity contribution < 1.29 is 13.9 Å². The standard InChI is InChI=1S/C26H24N4O3/c1-3-25(31)30-23(16-22(27-30)24-10-7-15-33-24)21-17-29(19-8-5-4-6-9-19)28-26(21)18-11-13-20(32-2)14-12-18/h4-15,17,23H,3,16H2,1-2H3. The van der Waals surface area contributed by atoms with Crippen molar-refractivity contribution in [3.05, 3.63) is 90.5 Å². The molecular weight excluding hydrogens is 416 g/mol. The number of hydrogen-bond donors (Lipinski definition) is 0. The molecule has 2 aromatic carbocycles. The predicted octanol–water partition coefficient (Wildman–Crippen LogP) is 5.23. The smallest absolute Gasteiger partial charge is 0.242 e. The molecule has 166 valence electrons. The van der Waals surface area contributed by atoms with Crippen molar-refractivity contribution >= 4 is 11.6 Å². The van der Waals surface area contributed by atoms with Gasteiger partial charge in [0.15, 0.2) is 0 Å². The molecule has 0 fully saturated rings. The predicted molar refractivity (Wildman–Crippen MR) is 125 cm³/mol. The third kappa shape index (κ3) is 3.93. The molecule has 1 unspecified atom stereocenters. The second-order valence-electron chi connectivity index (χ2n) is 7.78. The molecule has 7 heteroatoms. The maximum atomic E-state index is 12.9. The Morgan fingerprint density at radius 3 is 2.55 bits per heavy atom. The molecule has 0 saturated carbocycles. The van der Waals surface area contributed by atoms with Gasteiger partial charge in [0, 0.05) is 30.2 Å². The summed E-state index contributed by atoms with van der Waals surface area (Å²) in [5.41, 5.74) is 4.36. The normalized spacial score (nSPS) is 15.5. The quantitative estimate of drug-likeness (QED) is 0.412. The summed E-state index contributed by atoms with van der Waals surface area (Å²) in [6, 6.07) is 21.1. The Labute approximate surface area is 191 Å². The van der Waals surface area contributed by atoms with Crippen LogP contribution in [0.1, 0.15) is 37.1 Å². The molecule has 1 aliphatic heterocycles. The monoisotopic (exact) mass is 440 g/mol. The number of amides is 1. The van der Waals surface area contributed by atoms with Crippen LogP contribution in [-0.2, 0) is 4.79 Å². The summed E-state index contributed by atoms with van der Waals surface area (Å²) in [5, 5.41) is 11.2. The lowest BCUT2D eigenvalue weighted by atomic mass is 9.98. The first-order chi connectivity index (χ1) is 16.2. The van der Waals surface area contributed by atoms with Crippen LogP contribution in [0.4, 0.5) is 0 Å². The molecule has 0 radical (unpaired) electrons. The first-order valence-electron chi connectivity index (χ1n) is 10.9. The Morgan fingerprint density at radius 2 is 1.88 bits per heavy atom. The average molecular weight is 441 g/mol. The van der Waals surface area contributed by atoms with Gasteiger partial charge in [0.2, 0.25) is 5.91 Å². The van der Waals surface area contributed by atoms with Gasteiger partial charge in [-0.3, -0.25) is 4.79 Å². The van der Waals surface area contributed by atoms with Gasteiger partial charge in [-0.15, -0.1) is 0 Å². The summed E-state index contributed by atoms with van der Waals surface area (Å²) in [7, 11) is 1.64. The topological polar surface area (TPSA) is 72.9 Å². The van der Waals surface area contributed by atoms with Gasteiger partial charge in [0.25, 0.3) is 0 Å². The Hall–Kier alpha value is -4.13. The van der Waals surface area contributed by atoms with Crippen LogP contribution in [-0.4, -0.2) is 33.5 Å². The Kier molecular flexibility index (Phi) is 5.52. The van der Waals surface area contributed by atoms with Gasteiger partial charge >= 0.3 is 0 Å². The van der Waals surface area contributed by atoms with E-state index in [0.29, 0.717) is 18.6 Å². The van der Waals surface area contributed by atoms with Gasteiger partial charge in [-0.05, 0) is 48.5 Å². The molecule has 4 aromatic rings. The summed E-state index contributed by atoms with van der Waals surface area (Å²) < 4.78 is 12.8. The lowest BCUT2D eigenvalue weighted by Gasteiger charge is -2.21. The zero-order valence-corrected chi connectivity index (χ0v) is 18.5. The fourth-order valence-electron chi connectivity index (χ4n) is 4.05. The van der Waals surface area contributed by atoms with E-state index in [2.05, 4.69) is 5.10 Å². The van der Waals surface area contributed by atoms with Crippen LogP contribution in [0.2, 0.25) is 0 Å². The SMILES string of the molecule is CCC(=O)N1N=C(c2ccco2)CC1c1cn(-c2ccccc2)nc1-c1ccc(OC)cc1. The maximum Gasteiger partial charge on any atom is 0.242 e. The Balaban J connectivity index is 1.62. The van der Waals surface area contributed by atoms with Crippen molar-refractivity contribution in [2.75, 3.05) is 7.11 Å². The minimum Gasteiger partial charge on any atom is -0.497 e. The summed E-state index contributed by atoms with van der Waals surface area (Å²) in [4.78, 5) is 12.9. The fourth-order valence-corrected chi connectivity index (χ4v) is 4.05. The summed E-state index contributed by atoms with van der Waals surface area (Å²) in [6.45, 7) is 1.84. The third-order valence-electron chi connectivity index (χ3n) is 5.76. The largest absolute Gasteiger partial charge is 0.497 e. The van der Waals surface area contributed by atoms with Gasteiger partial charge in [-0.1, -0.05) is 25.1 Å². The number of nitrogens with zero attached hydrogens (tertiary/aromatic N) is 4. The van der Waals surface area contributed by atoms with E-state index < -0.39 is 0 Å². The van der Waals surface area contributed by atoms with Crippen LogP contribution in [0.15, 0.2) is 88.7 Å². The molecule has 0 N–H and O–H groups in total. The molecule has 1 aliphatic rings. The second kappa shape index (κ2) is 8.78. The van der Waals surface area contributed by atoms with Crippen molar-refractivity contribution in [2.45, 2.75) is 25.8 Å². The number of methoxy groups -OCH3 is 1. The zero-order valence-electron chi connectivity index (χ0n) is 18.5. The molecular formula is C26H24N4O3. The summed E-state index contributed by atoms with van der Waals surface area (Å²) >= 11 is 0. The molecule has 0 bridgehead atoms. The van der Waals surface area contributed by atoms with E-state index in [4.69, 9.17) is 14.3 Å². The number of furan rings is 1. The van der Waals surface area contributed by atoms with Crippen LogP contribution in [0, 0.1) is 0 Å². The highest BCUT2D eigenvalue weighted by Crippen LogP contribution is 2.39. The highest BCUT2D eigenvalue weighted by atomic mass is 16.5. The number of para-hydroxylation sites is 1. The van der Waals surface area contributed by atoms with E-state index in [-0.39, 0.29) is 11.9 Å². The number of ether oxygens (including phenoxy) is 1. The van der Waals surface area contributed by atoms with E-state index in [1.54, 1.807) is 18.4 Å². The molecule has 33 heavy (non-hydrogen) atoms. The number of hydrazone groups is 1. The minimum absolute atomic E-state index is 0.0466. The van der Waals surface area contributed by atoms with Crippen LogP contribution < -0.4 is 4.74 Å². The number of rotatable bonds is 6. The minimum atomic E-state index is -0.285. The van der Waals surface area contributed by atoms with E-state index in [1.807, 2.05) is 84.5 Å². The second-order valence-corrected chi connectivity index (χ2v) is 7.78. The fraction of sp³-hybridized carbons (Fsp3) is 0.192. The molecule has 0 saturated heterocycles. The first-order valence-corrected chi connectivity index (χ1v) is 10.9. The third-order valence-corrected chi connectivity index (χ3v) is 5.76. The van der Waals surface area contributed by atoms with Gasteiger partial charge in [-0.25, -0.2) is 9.69 Å². The van der Waals surface area contributed by atoms with Crippen LogP contribution in [0.25, 0.3) is 16.9 Å². The van der Waals surface area contributed by atoms with Crippen LogP contribution in [0.3, 0.4) is 0 Å². The van der Waals surface area contributed by atoms with Gasteiger partial charge in [-0.2, -0.15) is 10.2 Å². The van der Waals surface area contributed by atoms with E-state index >= 15 is 0 Å². The molecule has 3 heterocycles. The number of carbonyl (C=O) groups is 1. The van der Waals surface area contributed by atoms with Crippen molar-refractivity contribution in [2.24, 2.45) is 5.10 Å². The van der Waals surface area contributed by atoms with Crippen molar-refractivity contribution in [3.8, 4) is 22.7 Å². The molecule has 2 aromatic heterocycles. The maximum absolute atomic E-state index is 12.9. The van der Waals surface area contributed by atoms with Crippen LogP contribution in [0.5, 0.6) is 5.75 Å². The van der Waals surface area contributed by atoms with E-state index in [1.165, 1.54) is 0 Å². The van der Waals surface area contributed by atoms with E-state index in [9.17, 15) is 4.79 Å². The van der Waals surface area contributed by atoms with Crippen LogP contribution >= 0.6 is 0 Å². The van der Waals surface area contributed by atoms with Crippen molar-refractivity contribution in [3.63, 3.8) is 0 Å². The highest BCUT2D eigenvalue weighted by molar-refractivity contribution is 6.01. The molecule has 0 aliphatic carbocycles. The summed E-state index contributed by atoms with van der Waals surface area (Å²) in [5.74, 6) is 1.40. The lowest BCUT2D eigenvalue weighted by Crippen LogP contribution is -2.26. The Bertz CT molecular complexity index is 1280.